The van der Waals surface area contributed by atoms with Crippen LogP contribution >= 0.6 is 0 Å². The maximum atomic E-state index is 14.0. The van der Waals surface area contributed by atoms with Crippen molar-refractivity contribution in [3.8, 4) is 0 Å². The molecule has 2 aliphatic rings. The number of rotatable bonds is 5. The summed E-state index contributed by atoms with van der Waals surface area (Å²) < 4.78 is 15.8. The van der Waals surface area contributed by atoms with E-state index in [1.54, 1.807) is 0 Å². The number of nitrogens with one attached hydrogen (secondary N) is 1. The van der Waals surface area contributed by atoms with Crippen LogP contribution in [0.25, 0.3) is 0 Å². The van der Waals surface area contributed by atoms with Crippen molar-refractivity contribution in [3.05, 3.63) is 53.3 Å². The maximum absolute atomic E-state index is 14.0. The first-order chi connectivity index (χ1) is 12.2. The third-order valence-electron chi connectivity index (χ3n) is 5.61. The molecule has 5 heteroatoms. The number of alkyl halides is 1. The average Bonchev–Trinajstić information content (AvgIpc) is 3.18. The standard InChI is InChI=1S/C20H27FN4/c1-24-12-15(10-23-24)13-25-14-18(21)9-20(25)11-22-19-7-6-16-4-2-3-5-17(16)8-19/h2-5,10,12,18-20,22H,6-9,11,13-14H2,1H3/t18-,19+,20-/m0/s1. The van der Waals surface area contributed by atoms with E-state index in [1.165, 1.54) is 17.5 Å². The van der Waals surface area contributed by atoms with Crippen LogP contribution in [0.5, 0.6) is 0 Å². The van der Waals surface area contributed by atoms with Crippen LogP contribution in [0.4, 0.5) is 4.39 Å². The quantitative estimate of drug-likeness (QED) is 0.906. The predicted octanol–water partition coefficient (Wildman–Crippen LogP) is 2.48. The van der Waals surface area contributed by atoms with Crippen LogP contribution in [0.3, 0.4) is 0 Å². The summed E-state index contributed by atoms with van der Waals surface area (Å²) in [6, 6.07) is 9.52. The molecular formula is C20H27FN4. The summed E-state index contributed by atoms with van der Waals surface area (Å²) >= 11 is 0. The Morgan fingerprint density at radius 3 is 2.92 bits per heavy atom. The molecule has 0 radical (unpaired) electrons. The fraction of sp³-hybridized carbons (Fsp3) is 0.550. The number of hydrogen-bond donors (Lipinski definition) is 1. The number of likely N-dealkylation sites (tertiary alicyclic amines) is 1. The summed E-state index contributed by atoms with van der Waals surface area (Å²) in [5.74, 6) is 0. The molecule has 0 unspecified atom stereocenters. The second kappa shape index (κ2) is 7.26. The molecule has 1 aliphatic heterocycles. The molecule has 4 rings (SSSR count). The van der Waals surface area contributed by atoms with E-state index in [2.05, 4.69) is 39.6 Å². The minimum Gasteiger partial charge on any atom is -0.312 e. The van der Waals surface area contributed by atoms with E-state index in [0.29, 0.717) is 19.0 Å². The molecule has 0 bridgehead atoms. The number of fused-ring (bicyclic) bond motifs is 1. The summed E-state index contributed by atoms with van der Waals surface area (Å²) in [6.07, 6.45) is 7.23. The van der Waals surface area contributed by atoms with Gasteiger partial charge >= 0.3 is 0 Å². The molecule has 4 nitrogen and oxygen atoms in total. The van der Waals surface area contributed by atoms with E-state index in [9.17, 15) is 4.39 Å². The van der Waals surface area contributed by atoms with Gasteiger partial charge < -0.3 is 5.32 Å². The van der Waals surface area contributed by atoms with Crippen LogP contribution in [-0.2, 0) is 26.4 Å². The van der Waals surface area contributed by atoms with Gasteiger partial charge in [0, 0.05) is 50.5 Å². The summed E-state index contributed by atoms with van der Waals surface area (Å²) in [4.78, 5) is 2.27. The van der Waals surface area contributed by atoms with Crippen LogP contribution < -0.4 is 5.32 Å². The molecule has 1 fully saturated rings. The van der Waals surface area contributed by atoms with Gasteiger partial charge in [0.2, 0.25) is 0 Å². The molecule has 2 heterocycles. The highest BCUT2D eigenvalue weighted by atomic mass is 19.1. The number of nitrogens with zero attached hydrogens (tertiary/aromatic N) is 3. The monoisotopic (exact) mass is 342 g/mol. The largest absolute Gasteiger partial charge is 0.312 e. The molecule has 0 amide bonds. The van der Waals surface area contributed by atoms with Crippen molar-refractivity contribution in [1.82, 2.24) is 20.0 Å². The molecule has 1 aromatic heterocycles. The number of aromatic nitrogens is 2. The van der Waals surface area contributed by atoms with E-state index in [-0.39, 0.29) is 6.04 Å². The first kappa shape index (κ1) is 16.7. The molecule has 0 saturated carbocycles. The maximum Gasteiger partial charge on any atom is 0.114 e. The Morgan fingerprint density at radius 2 is 2.12 bits per heavy atom. The Morgan fingerprint density at radius 1 is 1.28 bits per heavy atom. The van der Waals surface area contributed by atoms with Crippen LogP contribution in [0.15, 0.2) is 36.7 Å². The summed E-state index contributed by atoms with van der Waals surface area (Å²) in [6.45, 7) is 2.19. The lowest BCUT2D eigenvalue weighted by molar-refractivity contribution is 0.224. The van der Waals surface area contributed by atoms with Gasteiger partial charge in [-0.05, 0) is 36.8 Å². The third kappa shape index (κ3) is 3.93. The number of halogens is 1. The lowest BCUT2D eigenvalue weighted by Gasteiger charge is -2.29. The van der Waals surface area contributed by atoms with Crippen molar-refractivity contribution >= 4 is 0 Å². The van der Waals surface area contributed by atoms with Crippen molar-refractivity contribution in [3.63, 3.8) is 0 Å². The van der Waals surface area contributed by atoms with Crippen LogP contribution in [0.2, 0.25) is 0 Å². The summed E-state index contributed by atoms with van der Waals surface area (Å²) in [5, 5.41) is 7.94. The Bertz CT molecular complexity index is 713. The Kier molecular flexibility index (Phi) is 4.86. The molecule has 1 N–H and O–H groups in total. The van der Waals surface area contributed by atoms with Gasteiger partial charge in [-0.1, -0.05) is 24.3 Å². The van der Waals surface area contributed by atoms with Gasteiger partial charge in [0.15, 0.2) is 0 Å². The molecule has 1 saturated heterocycles. The van der Waals surface area contributed by atoms with E-state index in [1.807, 2.05) is 24.1 Å². The Labute approximate surface area is 149 Å². The van der Waals surface area contributed by atoms with Crippen molar-refractivity contribution < 1.29 is 4.39 Å². The minimum absolute atomic E-state index is 0.271. The molecule has 3 atom stereocenters. The molecule has 2 aromatic rings. The predicted molar refractivity (Wildman–Crippen MR) is 97.2 cm³/mol. The van der Waals surface area contributed by atoms with Gasteiger partial charge in [-0.25, -0.2) is 4.39 Å². The van der Waals surface area contributed by atoms with Gasteiger partial charge in [-0.15, -0.1) is 0 Å². The molecule has 1 aliphatic carbocycles. The van der Waals surface area contributed by atoms with E-state index >= 15 is 0 Å². The zero-order chi connectivity index (χ0) is 17.2. The first-order valence-corrected chi connectivity index (χ1v) is 9.33. The van der Waals surface area contributed by atoms with Crippen LogP contribution in [0, 0.1) is 0 Å². The minimum atomic E-state index is -0.712. The highest BCUT2D eigenvalue weighted by Gasteiger charge is 2.32. The molecule has 1 aromatic carbocycles. The Hall–Kier alpha value is -1.72. The first-order valence-electron chi connectivity index (χ1n) is 9.33. The SMILES string of the molecule is Cn1cc(CN2C[C@@H](F)C[C@H]2CN[C@@H]2CCc3ccccc3C2)cn1. The zero-order valence-corrected chi connectivity index (χ0v) is 14.9. The lowest BCUT2D eigenvalue weighted by atomic mass is 9.88. The van der Waals surface area contributed by atoms with Gasteiger partial charge in [-0.2, -0.15) is 5.10 Å². The number of hydrogen-bond acceptors (Lipinski definition) is 3. The van der Waals surface area contributed by atoms with E-state index < -0.39 is 6.17 Å². The van der Waals surface area contributed by atoms with E-state index in [0.717, 1.165) is 31.5 Å². The van der Waals surface area contributed by atoms with Crippen molar-refractivity contribution in [1.29, 1.82) is 0 Å². The topological polar surface area (TPSA) is 33.1 Å². The smallest absolute Gasteiger partial charge is 0.114 e. The molecule has 25 heavy (non-hydrogen) atoms. The second-order valence-corrected chi connectivity index (χ2v) is 7.56. The molecule has 0 spiro atoms. The van der Waals surface area contributed by atoms with Crippen molar-refractivity contribution in [2.45, 2.75) is 50.5 Å². The summed E-state index contributed by atoms with van der Waals surface area (Å²) in [7, 11) is 1.92. The third-order valence-corrected chi connectivity index (χ3v) is 5.61. The summed E-state index contributed by atoms with van der Waals surface area (Å²) in [5.41, 5.74) is 4.12. The average molecular weight is 342 g/mol. The van der Waals surface area contributed by atoms with Crippen molar-refractivity contribution in [2.75, 3.05) is 13.1 Å². The second-order valence-electron chi connectivity index (χ2n) is 7.56. The van der Waals surface area contributed by atoms with Crippen molar-refractivity contribution in [2.24, 2.45) is 7.05 Å². The lowest BCUT2D eigenvalue weighted by Crippen LogP contribution is -2.43. The molecular weight excluding hydrogens is 315 g/mol. The van der Waals surface area contributed by atoms with Gasteiger partial charge in [0.1, 0.15) is 6.17 Å². The van der Waals surface area contributed by atoms with Gasteiger partial charge in [0.25, 0.3) is 0 Å². The highest BCUT2D eigenvalue weighted by Crippen LogP contribution is 2.24. The zero-order valence-electron chi connectivity index (χ0n) is 14.9. The van der Waals surface area contributed by atoms with E-state index in [4.69, 9.17) is 0 Å². The normalized spacial score (nSPS) is 26.7. The fourth-order valence-corrected chi connectivity index (χ4v) is 4.29. The van der Waals surface area contributed by atoms with Gasteiger partial charge in [-0.3, -0.25) is 9.58 Å². The number of benzene rings is 1. The molecule has 134 valence electrons. The van der Waals surface area contributed by atoms with Crippen LogP contribution in [0.1, 0.15) is 29.5 Å². The Balaban J connectivity index is 1.33. The van der Waals surface area contributed by atoms with Crippen LogP contribution in [-0.4, -0.2) is 46.0 Å². The highest BCUT2D eigenvalue weighted by molar-refractivity contribution is 5.30. The van der Waals surface area contributed by atoms with Gasteiger partial charge in [0.05, 0.1) is 6.20 Å². The fourth-order valence-electron chi connectivity index (χ4n) is 4.29. The number of aryl methyl sites for hydroxylation is 2.